The van der Waals surface area contributed by atoms with Crippen LogP contribution in [0.5, 0.6) is 0 Å². The van der Waals surface area contributed by atoms with Gasteiger partial charge in [0.05, 0.1) is 10.6 Å². The minimum absolute atomic E-state index is 0. The van der Waals surface area contributed by atoms with Crippen LogP contribution >= 0.6 is 11.8 Å². The van der Waals surface area contributed by atoms with Crippen molar-refractivity contribution in [2.75, 3.05) is 15.8 Å². The number of nitrogens with one attached hydrogen (secondary N) is 3. The summed E-state index contributed by atoms with van der Waals surface area (Å²) in [6, 6.07) is 8.81. The molecule has 0 aliphatic rings. The van der Waals surface area contributed by atoms with Gasteiger partial charge in [0.2, 0.25) is 11.9 Å². The largest absolute Gasteiger partial charge is 1.00 e. The van der Waals surface area contributed by atoms with Crippen molar-refractivity contribution in [1.29, 1.82) is 0 Å². The number of aryl methyl sites for hydroxylation is 2. The van der Waals surface area contributed by atoms with E-state index >= 15 is 0 Å². The molecular weight excluding hydrogens is 488 g/mol. The summed E-state index contributed by atoms with van der Waals surface area (Å²) < 4.78 is 27.3. The highest BCUT2D eigenvalue weighted by molar-refractivity contribution is 7.99. The number of sulfonamides is 1. The Morgan fingerprint density at radius 2 is 1.88 bits per heavy atom. The van der Waals surface area contributed by atoms with Gasteiger partial charge in [0, 0.05) is 29.3 Å². The number of H-pyrrole nitrogens is 1. The molecule has 176 valence electrons. The number of anilines is 2. The van der Waals surface area contributed by atoms with E-state index in [1.807, 2.05) is 6.92 Å². The molecule has 0 bridgehead atoms. The Balaban J connectivity index is 0.00000385. The lowest BCUT2D eigenvalue weighted by Gasteiger charge is -2.09. The van der Waals surface area contributed by atoms with Gasteiger partial charge in [-0.1, -0.05) is 25.1 Å². The number of rotatable bonds is 9. The molecular formula is C20H22ClN6O4S2-. The molecule has 0 aliphatic carbocycles. The number of carbonyl (C=O) groups excluding carboxylic acids is 1. The molecule has 0 spiro atoms. The second-order valence-electron chi connectivity index (χ2n) is 6.78. The third-order valence-electron chi connectivity index (χ3n) is 4.09. The topological polar surface area (TPSA) is 147 Å². The second-order valence-corrected chi connectivity index (χ2v) is 9.43. The summed E-state index contributed by atoms with van der Waals surface area (Å²) in [6.07, 6.45) is 3.01. The molecule has 0 saturated carbocycles. The van der Waals surface area contributed by atoms with Gasteiger partial charge in [-0.05, 0) is 43.7 Å². The summed E-state index contributed by atoms with van der Waals surface area (Å²) in [5.74, 6) is -0.306. The third kappa shape index (κ3) is 7.84. The molecule has 0 fully saturated rings. The van der Waals surface area contributed by atoms with Crippen LogP contribution in [-0.2, 0) is 21.2 Å². The minimum Gasteiger partial charge on any atom is -1.00 e. The van der Waals surface area contributed by atoms with Gasteiger partial charge in [0.1, 0.15) is 0 Å². The van der Waals surface area contributed by atoms with Crippen molar-refractivity contribution in [3.8, 4) is 0 Å². The van der Waals surface area contributed by atoms with Crippen molar-refractivity contribution in [1.82, 2.24) is 19.9 Å². The monoisotopic (exact) mass is 509 g/mol. The van der Waals surface area contributed by atoms with Gasteiger partial charge in [0.25, 0.3) is 15.6 Å². The van der Waals surface area contributed by atoms with Crippen LogP contribution in [0.15, 0.2) is 57.4 Å². The summed E-state index contributed by atoms with van der Waals surface area (Å²) in [5.41, 5.74) is 1.49. The summed E-state index contributed by atoms with van der Waals surface area (Å²) in [4.78, 5) is 38.8. The van der Waals surface area contributed by atoms with Gasteiger partial charge in [0.15, 0.2) is 5.16 Å². The summed E-state index contributed by atoms with van der Waals surface area (Å²) in [7, 11) is -3.87. The molecule has 3 N–H and O–H groups in total. The number of benzene rings is 1. The molecule has 10 nitrogen and oxygen atoms in total. The number of aromatic nitrogens is 4. The van der Waals surface area contributed by atoms with Gasteiger partial charge in [-0.15, -0.1) is 0 Å². The maximum absolute atomic E-state index is 12.5. The molecule has 3 aromatic rings. The summed E-state index contributed by atoms with van der Waals surface area (Å²) >= 11 is 1.11. The lowest BCUT2D eigenvalue weighted by atomic mass is 10.2. The molecule has 0 radical (unpaired) electrons. The quantitative estimate of drug-likeness (QED) is 0.255. The van der Waals surface area contributed by atoms with Crippen LogP contribution in [0, 0.1) is 6.92 Å². The van der Waals surface area contributed by atoms with E-state index in [4.69, 9.17) is 0 Å². The Bertz CT molecular complexity index is 1270. The molecule has 3 rings (SSSR count). The highest BCUT2D eigenvalue weighted by Gasteiger charge is 2.16. The van der Waals surface area contributed by atoms with Crippen molar-refractivity contribution >= 4 is 39.3 Å². The number of carbonyl (C=O) groups is 1. The normalized spacial score (nSPS) is 10.8. The number of amides is 1. The first-order valence-electron chi connectivity index (χ1n) is 9.70. The molecule has 2 aromatic heterocycles. The highest BCUT2D eigenvalue weighted by Crippen LogP contribution is 2.18. The fourth-order valence-electron chi connectivity index (χ4n) is 2.66. The Morgan fingerprint density at radius 1 is 1.15 bits per heavy atom. The SMILES string of the molecule is CCCc1cc(=O)[nH]c(SCC(=O)Nc2ccc(S(=O)(=O)Nc3nccc(C)n3)cc2)n1.[Cl-]. The molecule has 1 aromatic carbocycles. The van der Waals surface area contributed by atoms with E-state index in [1.165, 1.54) is 36.5 Å². The van der Waals surface area contributed by atoms with Crippen molar-refractivity contribution in [3.05, 3.63) is 64.3 Å². The van der Waals surface area contributed by atoms with Crippen LogP contribution in [0.3, 0.4) is 0 Å². The van der Waals surface area contributed by atoms with Crippen molar-refractivity contribution in [2.45, 2.75) is 36.7 Å². The Kier molecular flexibility index (Phi) is 9.38. The molecule has 13 heteroatoms. The van der Waals surface area contributed by atoms with Gasteiger partial charge in [-0.2, -0.15) is 0 Å². The fraction of sp³-hybridized carbons (Fsp3) is 0.250. The molecule has 0 atom stereocenters. The lowest BCUT2D eigenvalue weighted by molar-refractivity contribution is -0.113. The minimum atomic E-state index is -3.87. The van der Waals surface area contributed by atoms with E-state index in [-0.39, 0.29) is 40.5 Å². The van der Waals surface area contributed by atoms with Crippen molar-refractivity contribution in [2.24, 2.45) is 0 Å². The number of aromatic amines is 1. The second kappa shape index (κ2) is 11.8. The van der Waals surface area contributed by atoms with E-state index in [0.717, 1.165) is 18.2 Å². The highest BCUT2D eigenvalue weighted by atomic mass is 35.5. The van der Waals surface area contributed by atoms with E-state index in [1.54, 1.807) is 13.0 Å². The Labute approximate surface area is 201 Å². The van der Waals surface area contributed by atoms with Crippen molar-refractivity contribution in [3.63, 3.8) is 0 Å². The van der Waals surface area contributed by atoms with Crippen molar-refractivity contribution < 1.29 is 25.6 Å². The number of thioether (sulfide) groups is 1. The number of hydrogen-bond donors (Lipinski definition) is 3. The predicted octanol–water partition coefficient (Wildman–Crippen LogP) is -0.644. The smallest absolute Gasteiger partial charge is 0.264 e. The first-order valence-corrected chi connectivity index (χ1v) is 12.2. The van der Waals surface area contributed by atoms with E-state index in [9.17, 15) is 18.0 Å². The molecule has 2 heterocycles. The van der Waals surface area contributed by atoms with E-state index in [2.05, 4.69) is 30.0 Å². The first kappa shape index (κ1) is 26.3. The Hall–Kier alpha value is -2.96. The summed E-state index contributed by atoms with van der Waals surface area (Å²) in [5, 5.41) is 3.06. The number of hydrogen-bond acceptors (Lipinski definition) is 8. The standard InChI is InChI=1S/C20H22N6O4S2.ClH/c1-3-4-15-11-17(27)25-20(24-15)31-12-18(28)23-14-5-7-16(8-6-14)32(29,30)26-19-21-10-9-13(2)22-19;/h5-11H,3-4,12H2,1-2H3,(H,23,28)(H,21,22,26)(H,24,25,27);1H/p-1. The summed E-state index contributed by atoms with van der Waals surface area (Å²) in [6.45, 7) is 3.72. The predicted molar refractivity (Wildman–Crippen MR) is 122 cm³/mol. The zero-order valence-corrected chi connectivity index (χ0v) is 20.2. The van der Waals surface area contributed by atoms with Gasteiger partial charge in [-0.25, -0.2) is 28.1 Å². The average molecular weight is 510 g/mol. The molecule has 0 saturated heterocycles. The maximum atomic E-state index is 12.5. The van der Waals surface area contributed by atoms with Crippen LogP contribution in [0.2, 0.25) is 0 Å². The fourth-order valence-corrected chi connectivity index (χ4v) is 4.31. The lowest BCUT2D eigenvalue weighted by Crippen LogP contribution is -3.00. The number of nitrogens with zero attached hydrogens (tertiary/aromatic N) is 3. The van der Waals surface area contributed by atoms with Gasteiger partial charge in [-0.3, -0.25) is 9.59 Å². The van der Waals surface area contributed by atoms with Crippen LogP contribution in [0.25, 0.3) is 0 Å². The maximum Gasteiger partial charge on any atom is 0.264 e. The molecule has 1 amide bonds. The zero-order valence-electron chi connectivity index (χ0n) is 17.8. The molecule has 0 unspecified atom stereocenters. The molecule has 33 heavy (non-hydrogen) atoms. The van der Waals surface area contributed by atoms with Gasteiger partial charge < -0.3 is 22.7 Å². The third-order valence-corrected chi connectivity index (χ3v) is 6.31. The van der Waals surface area contributed by atoms with Crippen LogP contribution < -0.4 is 28.0 Å². The van der Waals surface area contributed by atoms with Gasteiger partial charge >= 0.3 is 0 Å². The Morgan fingerprint density at radius 3 is 2.55 bits per heavy atom. The van der Waals surface area contributed by atoms with Crippen LogP contribution in [-0.4, -0.2) is 40.0 Å². The van der Waals surface area contributed by atoms with E-state index in [0.29, 0.717) is 28.7 Å². The molecule has 0 aliphatic heterocycles. The number of halogens is 1. The average Bonchev–Trinajstić information content (AvgIpc) is 2.72. The van der Waals surface area contributed by atoms with Crippen LogP contribution in [0.4, 0.5) is 11.6 Å². The van der Waals surface area contributed by atoms with E-state index < -0.39 is 10.0 Å². The van der Waals surface area contributed by atoms with Crippen LogP contribution in [0.1, 0.15) is 24.7 Å². The first-order chi connectivity index (χ1) is 15.2. The zero-order chi connectivity index (χ0) is 23.1.